The molecule has 1 aliphatic heterocycles. The van der Waals surface area contributed by atoms with Gasteiger partial charge in [-0.25, -0.2) is 19.0 Å². The molecule has 42 heavy (non-hydrogen) atoms. The molecule has 0 aliphatic carbocycles. The van der Waals surface area contributed by atoms with Crippen LogP contribution in [0.4, 0.5) is 10.1 Å². The zero-order valence-electron chi connectivity index (χ0n) is 23.5. The number of aliphatic hydroxyl groups is 3. The Morgan fingerprint density at radius 2 is 2.02 bits per heavy atom. The van der Waals surface area contributed by atoms with Crippen molar-refractivity contribution in [1.29, 1.82) is 0 Å². The summed E-state index contributed by atoms with van der Waals surface area (Å²) in [6.45, 7) is 3.76. The molecule has 3 aromatic rings. The first kappa shape index (κ1) is 32.5. The number of nitrogens with two attached hydrogens (primary N) is 1. The number of nitrogens with zero attached hydrogens (tertiary/aromatic N) is 2. The van der Waals surface area contributed by atoms with Crippen LogP contribution >= 0.6 is 19.5 Å². The van der Waals surface area contributed by atoms with Gasteiger partial charge in [-0.3, -0.25) is 13.8 Å². The van der Waals surface area contributed by atoms with Crippen molar-refractivity contribution in [3.63, 3.8) is 0 Å². The second-order valence-electron chi connectivity index (χ2n) is 10.8. The van der Waals surface area contributed by atoms with Crippen LogP contribution < -0.4 is 10.8 Å². The Morgan fingerprint density at radius 1 is 1.31 bits per heavy atom. The van der Waals surface area contributed by atoms with E-state index in [1.54, 1.807) is 13.8 Å². The molecule has 2 unspecified atom stereocenters. The fraction of sp³-hybridized carbons (Fsp3) is 0.481. The van der Waals surface area contributed by atoms with E-state index in [9.17, 15) is 29.1 Å². The third-order valence-corrected chi connectivity index (χ3v) is 9.70. The van der Waals surface area contributed by atoms with Crippen LogP contribution in [0.1, 0.15) is 32.6 Å². The molecule has 5 atom stereocenters. The first-order valence-corrected chi connectivity index (χ1v) is 15.7. The number of carbonyl (C=O) groups excluding carboxylic acids is 1. The van der Waals surface area contributed by atoms with E-state index in [4.69, 9.17) is 19.5 Å². The molecule has 230 valence electrons. The summed E-state index contributed by atoms with van der Waals surface area (Å²) in [6, 6.07) is 10.5. The highest BCUT2D eigenvalue weighted by molar-refractivity contribution is 8.13. The quantitative estimate of drug-likeness (QED) is 0.139. The molecule has 0 radical (unpaired) electrons. The third kappa shape index (κ3) is 7.04. The first-order valence-electron chi connectivity index (χ1n) is 13.2. The molecule has 1 fully saturated rings. The molecule has 6 N–H and O–H groups in total. The highest BCUT2D eigenvalue weighted by Crippen LogP contribution is 2.47. The second-order valence-corrected chi connectivity index (χ2v) is 13.7. The molecule has 2 aromatic heterocycles. The van der Waals surface area contributed by atoms with Gasteiger partial charge in [-0.1, -0.05) is 42.1 Å². The maximum atomic E-state index is 14.7. The van der Waals surface area contributed by atoms with E-state index >= 15 is 0 Å². The number of aliphatic hydroxyl groups excluding tert-OH is 2. The van der Waals surface area contributed by atoms with Crippen molar-refractivity contribution in [2.45, 2.75) is 51.4 Å². The Morgan fingerprint density at radius 3 is 2.71 bits per heavy atom. The maximum Gasteiger partial charge on any atom is 0.405 e. The van der Waals surface area contributed by atoms with Crippen LogP contribution in [0.2, 0.25) is 0 Å². The molecule has 1 aromatic carbocycles. The lowest BCUT2D eigenvalue weighted by Gasteiger charge is -2.27. The Hall–Kier alpha value is -2.39. The molecule has 4 rings (SSSR count). The van der Waals surface area contributed by atoms with Gasteiger partial charge in [0.2, 0.25) is 0 Å². The summed E-state index contributed by atoms with van der Waals surface area (Å²) < 4.78 is 46.8. The van der Waals surface area contributed by atoms with Gasteiger partial charge in [-0.15, -0.1) is 0 Å². The van der Waals surface area contributed by atoms with E-state index in [0.717, 1.165) is 23.5 Å². The van der Waals surface area contributed by atoms with Gasteiger partial charge < -0.3 is 30.4 Å². The van der Waals surface area contributed by atoms with Gasteiger partial charge in [-0.2, -0.15) is 0 Å². The summed E-state index contributed by atoms with van der Waals surface area (Å²) in [7, 11) is -4.04. The Labute approximate surface area is 246 Å². The summed E-state index contributed by atoms with van der Waals surface area (Å²) in [5, 5.41) is 34.1. The molecule has 12 nitrogen and oxygen atoms in total. The van der Waals surface area contributed by atoms with Crippen LogP contribution in [0.3, 0.4) is 0 Å². The van der Waals surface area contributed by atoms with E-state index in [0.29, 0.717) is 0 Å². The minimum atomic E-state index is -4.04. The molecule has 0 amide bonds. The van der Waals surface area contributed by atoms with Crippen LogP contribution in [0, 0.1) is 11.2 Å². The number of hydrogen-bond acceptors (Lipinski definition) is 11. The van der Waals surface area contributed by atoms with Crippen molar-refractivity contribution < 1.29 is 42.9 Å². The van der Waals surface area contributed by atoms with Gasteiger partial charge in [0.1, 0.15) is 23.5 Å². The summed E-state index contributed by atoms with van der Waals surface area (Å²) in [5.41, 5.74) is 4.11. The van der Waals surface area contributed by atoms with E-state index in [1.807, 2.05) is 30.3 Å². The number of fused-ring (bicyclic) bond motifs is 1. The van der Waals surface area contributed by atoms with Gasteiger partial charge in [0.05, 0.1) is 30.6 Å². The number of ether oxygens (including phenoxy) is 1. The zero-order chi connectivity index (χ0) is 30.7. The Balaban J connectivity index is 1.46. The lowest BCUT2D eigenvalue weighted by Crippen LogP contribution is -2.44. The number of thioether (sulfide) groups is 1. The van der Waals surface area contributed by atoms with Gasteiger partial charge >= 0.3 is 7.75 Å². The average Bonchev–Trinajstić information content (AvgIpc) is 3.42. The number of nitrogens with one attached hydrogen (secondary N) is 1. The largest absolute Gasteiger partial charge is 0.405 e. The number of rotatable bonds is 13. The predicted octanol–water partition coefficient (Wildman–Crippen LogP) is 2.98. The smallest absolute Gasteiger partial charge is 0.398 e. The zero-order valence-corrected chi connectivity index (χ0v) is 25.2. The van der Waals surface area contributed by atoms with Crippen molar-refractivity contribution in [3.05, 3.63) is 60.2 Å². The van der Waals surface area contributed by atoms with Gasteiger partial charge in [0.15, 0.2) is 17.2 Å². The van der Waals surface area contributed by atoms with Crippen LogP contribution in [0.25, 0.3) is 11.0 Å². The molecule has 0 spiro atoms. The van der Waals surface area contributed by atoms with Crippen LogP contribution in [-0.4, -0.2) is 73.4 Å². The highest BCUT2D eigenvalue weighted by Gasteiger charge is 2.54. The summed E-state index contributed by atoms with van der Waals surface area (Å²) >= 11 is 0.934. The predicted molar refractivity (Wildman–Crippen MR) is 156 cm³/mol. The van der Waals surface area contributed by atoms with Crippen molar-refractivity contribution in [1.82, 2.24) is 14.6 Å². The summed E-state index contributed by atoms with van der Waals surface area (Å²) in [4.78, 5) is 16.5. The van der Waals surface area contributed by atoms with E-state index in [-0.39, 0.29) is 47.3 Å². The number of halogens is 1. The molecule has 3 heterocycles. The monoisotopic (exact) mass is 626 g/mol. The number of pyridine rings is 1. The van der Waals surface area contributed by atoms with Crippen LogP contribution in [0.5, 0.6) is 0 Å². The van der Waals surface area contributed by atoms with Crippen molar-refractivity contribution in [2.75, 3.05) is 31.3 Å². The highest BCUT2D eigenvalue weighted by atomic mass is 32.2. The number of nitrogen functional groups attached to an aromatic ring is 1. The molecule has 15 heteroatoms. The standard InChI is InChI=1S/C27H36FN4O8PS/c1-26(2,16-33)25(35)42-12-11-38-41(37,31-13-17-7-5-4-6-8-17)39-15-20-22(34)27(3,36)24(40-20)32-14-18(28)21-19(29)9-10-30-23(21)32/h4-10,14,20,22,24,33-34,36H,11-13,15-16H2,1-3H3,(H2,29,30)(H,31,37)/t20-,22+,24-,27?,41?/m1/s1. The van der Waals surface area contributed by atoms with Crippen LogP contribution in [-0.2, 0) is 29.7 Å². The molecule has 0 bridgehead atoms. The SMILES string of the molecule is CC(C)(CO)C(=O)SCCOP(=O)(NCc1ccccc1)OC[C@H]1O[C@@H](n2cc(F)c3c(N)ccnc32)C(C)(O)[C@H]1O. The van der Waals surface area contributed by atoms with E-state index in [1.165, 1.54) is 23.8 Å². The molecular weight excluding hydrogens is 590 g/mol. The topological polar surface area (TPSA) is 178 Å². The third-order valence-electron chi connectivity index (χ3n) is 6.96. The van der Waals surface area contributed by atoms with Crippen LogP contribution in [0.15, 0.2) is 48.8 Å². The van der Waals surface area contributed by atoms with E-state index < -0.39 is 49.6 Å². The number of anilines is 1. The van der Waals surface area contributed by atoms with Gasteiger partial charge in [0.25, 0.3) is 0 Å². The first-order chi connectivity index (χ1) is 19.8. The maximum absolute atomic E-state index is 14.7. The lowest BCUT2D eigenvalue weighted by atomic mass is 9.96. The normalized spacial score (nSPS) is 24.2. The van der Waals surface area contributed by atoms with Crippen molar-refractivity contribution >= 4 is 41.3 Å². The molecule has 1 saturated heterocycles. The Kier molecular flexibility index (Phi) is 10.1. The van der Waals surface area contributed by atoms with Crippen molar-refractivity contribution in [2.24, 2.45) is 5.41 Å². The fourth-order valence-electron chi connectivity index (χ4n) is 4.35. The second kappa shape index (κ2) is 13.1. The summed E-state index contributed by atoms with van der Waals surface area (Å²) in [6.07, 6.45) is -1.53. The number of aromatic nitrogens is 2. The average molecular weight is 627 g/mol. The summed E-state index contributed by atoms with van der Waals surface area (Å²) in [5.74, 6) is -0.532. The number of hydrogen-bond donors (Lipinski definition) is 5. The minimum absolute atomic E-state index is 0.0489. The minimum Gasteiger partial charge on any atom is -0.398 e. The molecular formula is C27H36FN4O8PS. The molecule has 0 saturated carbocycles. The van der Waals surface area contributed by atoms with Gasteiger partial charge in [-0.05, 0) is 32.4 Å². The fourth-order valence-corrected chi connectivity index (χ4v) is 6.58. The number of carbonyl (C=O) groups is 1. The Bertz CT molecular complexity index is 1440. The van der Waals surface area contributed by atoms with Gasteiger partial charge in [0, 0.05) is 30.4 Å². The lowest BCUT2D eigenvalue weighted by molar-refractivity contribution is -0.119. The van der Waals surface area contributed by atoms with Crippen molar-refractivity contribution in [3.8, 4) is 0 Å². The van der Waals surface area contributed by atoms with E-state index in [2.05, 4.69) is 10.1 Å². The molecule has 1 aliphatic rings. The number of benzene rings is 1.